The predicted molar refractivity (Wildman–Crippen MR) is 94.1 cm³/mol. The molecule has 23 heavy (non-hydrogen) atoms. The molecule has 2 aromatic heterocycles. The number of ether oxygens (including phenoxy) is 1. The van der Waals surface area contributed by atoms with Crippen LogP contribution in [-0.4, -0.2) is 34.6 Å². The molecule has 4 rings (SSSR count). The minimum absolute atomic E-state index is 0.121. The minimum atomic E-state index is 0.121. The number of hydrogen-bond donors (Lipinski definition) is 0. The maximum absolute atomic E-state index is 5.92. The lowest BCUT2D eigenvalue weighted by molar-refractivity contribution is -0.0333. The van der Waals surface area contributed by atoms with Crippen molar-refractivity contribution in [3.8, 4) is 0 Å². The van der Waals surface area contributed by atoms with Crippen molar-refractivity contribution in [2.45, 2.75) is 51.2 Å². The van der Waals surface area contributed by atoms with Gasteiger partial charge in [0.1, 0.15) is 11.1 Å². The van der Waals surface area contributed by atoms with Crippen molar-refractivity contribution in [1.82, 2.24) is 14.9 Å². The van der Waals surface area contributed by atoms with E-state index in [1.54, 1.807) is 11.3 Å². The van der Waals surface area contributed by atoms with Crippen LogP contribution < -0.4 is 0 Å². The van der Waals surface area contributed by atoms with E-state index in [1.807, 2.05) is 18.3 Å². The van der Waals surface area contributed by atoms with Crippen molar-refractivity contribution in [3.63, 3.8) is 0 Å². The van der Waals surface area contributed by atoms with Gasteiger partial charge in [0, 0.05) is 42.0 Å². The molecule has 0 spiro atoms. The van der Waals surface area contributed by atoms with Crippen LogP contribution in [-0.2, 0) is 11.3 Å². The van der Waals surface area contributed by atoms with Crippen molar-refractivity contribution in [2.24, 2.45) is 0 Å². The third-order valence-corrected chi connectivity index (χ3v) is 6.83. The molecule has 0 aromatic carbocycles. The smallest absolute Gasteiger partial charge is 0.123 e. The van der Waals surface area contributed by atoms with E-state index < -0.39 is 0 Å². The van der Waals surface area contributed by atoms with Crippen molar-refractivity contribution >= 4 is 22.7 Å². The zero-order valence-corrected chi connectivity index (χ0v) is 15.2. The molecule has 0 N–H and O–H groups in total. The molecule has 3 heterocycles. The highest BCUT2D eigenvalue weighted by atomic mass is 32.1. The Morgan fingerprint density at radius 1 is 1.17 bits per heavy atom. The summed E-state index contributed by atoms with van der Waals surface area (Å²) in [6.45, 7) is 5.66. The molecule has 124 valence electrons. The highest BCUT2D eigenvalue weighted by Crippen LogP contribution is 2.36. The molecule has 2 fully saturated rings. The molecule has 1 aliphatic carbocycles. The van der Waals surface area contributed by atoms with E-state index in [0.29, 0.717) is 0 Å². The highest BCUT2D eigenvalue weighted by molar-refractivity contribution is 7.10. The first kappa shape index (κ1) is 15.7. The molecule has 1 aliphatic heterocycles. The van der Waals surface area contributed by atoms with E-state index in [2.05, 4.69) is 20.6 Å². The largest absolute Gasteiger partial charge is 0.368 e. The maximum Gasteiger partial charge on any atom is 0.123 e. The lowest BCUT2D eigenvalue weighted by Gasteiger charge is -2.31. The second-order valence-electron chi connectivity index (χ2n) is 6.58. The third-order valence-electron chi connectivity index (χ3n) is 4.72. The first-order valence-electron chi connectivity index (χ1n) is 8.48. The van der Waals surface area contributed by atoms with Gasteiger partial charge < -0.3 is 4.74 Å². The zero-order chi connectivity index (χ0) is 15.6. The average molecular weight is 350 g/mol. The van der Waals surface area contributed by atoms with E-state index in [4.69, 9.17) is 9.72 Å². The quantitative estimate of drug-likeness (QED) is 0.831. The van der Waals surface area contributed by atoms with Gasteiger partial charge in [-0.3, -0.25) is 4.90 Å². The maximum atomic E-state index is 5.92. The summed E-state index contributed by atoms with van der Waals surface area (Å²) in [6.07, 6.45) is 5.53. The molecule has 1 atom stereocenters. The minimum Gasteiger partial charge on any atom is -0.368 e. The number of aromatic nitrogens is 2. The molecule has 1 saturated carbocycles. The summed E-state index contributed by atoms with van der Waals surface area (Å²) in [4.78, 5) is 12.0. The van der Waals surface area contributed by atoms with Crippen LogP contribution in [0.1, 0.15) is 59.1 Å². The van der Waals surface area contributed by atoms with Gasteiger partial charge in [-0.25, -0.2) is 9.97 Å². The van der Waals surface area contributed by atoms with Crippen LogP contribution in [0.25, 0.3) is 0 Å². The Kier molecular flexibility index (Phi) is 4.76. The number of thiazole rings is 2. The van der Waals surface area contributed by atoms with Gasteiger partial charge >= 0.3 is 0 Å². The highest BCUT2D eigenvalue weighted by Gasteiger charge is 2.25. The summed E-state index contributed by atoms with van der Waals surface area (Å²) >= 11 is 3.57. The number of rotatable bonds is 4. The molecular formula is C17H23N3OS2. The van der Waals surface area contributed by atoms with Crippen LogP contribution in [0.5, 0.6) is 0 Å². The van der Waals surface area contributed by atoms with Crippen molar-refractivity contribution in [3.05, 3.63) is 32.2 Å². The average Bonchev–Trinajstić information content (AvgIpc) is 3.28. The van der Waals surface area contributed by atoms with Gasteiger partial charge in [-0.2, -0.15) is 0 Å². The first-order chi connectivity index (χ1) is 11.3. The van der Waals surface area contributed by atoms with Gasteiger partial charge in [-0.15, -0.1) is 22.7 Å². The fourth-order valence-corrected chi connectivity index (χ4v) is 5.32. The molecule has 0 radical (unpaired) electrons. The van der Waals surface area contributed by atoms with Crippen LogP contribution in [0.15, 0.2) is 10.8 Å². The molecule has 6 heteroatoms. The van der Waals surface area contributed by atoms with Crippen molar-refractivity contribution in [1.29, 1.82) is 0 Å². The number of morpholine rings is 1. The Bertz CT molecular complexity index is 648. The van der Waals surface area contributed by atoms with Gasteiger partial charge in [0.15, 0.2) is 0 Å². The van der Waals surface area contributed by atoms with Gasteiger partial charge in [0.25, 0.3) is 0 Å². The van der Waals surface area contributed by atoms with Gasteiger partial charge in [-0.1, -0.05) is 12.8 Å². The molecular weight excluding hydrogens is 326 g/mol. The molecule has 0 bridgehead atoms. The summed E-state index contributed by atoms with van der Waals surface area (Å²) in [6, 6.07) is 0. The van der Waals surface area contributed by atoms with E-state index in [9.17, 15) is 0 Å². The number of aryl methyl sites for hydroxylation is 1. The summed E-state index contributed by atoms with van der Waals surface area (Å²) in [5.74, 6) is 0.726. The van der Waals surface area contributed by atoms with Crippen molar-refractivity contribution in [2.75, 3.05) is 19.7 Å². The summed E-state index contributed by atoms with van der Waals surface area (Å²) in [5, 5.41) is 6.83. The molecule has 4 nitrogen and oxygen atoms in total. The van der Waals surface area contributed by atoms with E-state index >= 15 is 0 Å². The second kappa shape index (κ2) is 6.97. The SMILES string of the molecule is Cc1csc([C@@H]2CN(Cc3csc(C4CCCC4)n3)CCO2)n1. The fourth-order valence-electron chi connectivity index (χ4n) is 3.50. The number of nitrogens with zero attached hydrogens (tertiary/aromatic N) is 3. The Hall–Kier alpha value is -0.820. The first-order valence-corrected chi connectivity index (χ1v) is 10.2. The molecule has 0 unspecified atom stereocenters. The Balaban J connectivity index is 1.38. The Labute approximate surface area is 145 Å². The molecule has 0 amide bonds. The van der Waals surface area contributed by atoms with Crippen LogP contribution in [0.2, 0.25) is 0 Å². The molecule has 2 aromatic rings. The second-order valence-corrected chi connectivity index (χ2v) is 8.36. The van der Waals surface area contributed by atoms with Crippen LogP contribution in [0.4, 0.5) is 0 Å². The van der Waals surface area contributed by atoms with Crippen LogP contribution in [0, 0.1) is 6.92 Å². The van der Waals surface area contributed by atoms with Crippen molar-refractivity contribution < 1.29 is 4.74 Å². The number of hydrogen-bond acceptors (Lipinski definition) is 6. The standard InChI is InChI=1S/C17H23N3OS2/c1-12-10-22-17(18-12)15-9-20(6-7-21-15)8-14-11-23-16(19-14)13-4-2-3-5-13/h10-11,13,15H,2-9H2,1H3/t15-/m0/s1. The van der Waals surface area contributed by atoms with E-state index in [-0.39, 0.29) is 6.10 Å². The van der Waals surface area contributed by atoms with Crippen LogP contribution >= 0.6 is 22.7 Å². The Morgan fingerprint density at radius 3 is 2.78 bits per heavy atom. The zero-order valence-electron chi connectivity index (χ0n) is 13.5. The normalized spacial score (nSPS) is 23.6. The summed E-state index contributed by atoms with van der Waals surface area (Å²) in [7, 11) is 0. The summed E-state index contributed by atoms with van der Waals surface area (Å²) in [5.41, 5.74) is 2.32. The topological polar surface area (TPSA) is 38.2 Å². The van der Waals surface area contributed by atoms with Gasteiger partial charge in [-0.05, 0) is 19.8 Å². The summed E-state index contributed by atoms with van der Waals surface area (Å²) < 4.78 is 5.92. The lowest BCUT2D eigenvalue weighted by Crippen LogP contribution is -2.37. The third kappa shape index (κ3) is 3.65. The monoisotopic (exact) mass is 349 g/mol. The fraction of sp³-hybridized carbons (Fsp3) is 0.647. The molecule has 2 aliphatic rings. The van der Waals surface area contributed by atoms with Gasteiger partial charge in [0.05, 0.1) is 17.3 Å². The lowest BCUT2D eigenvalue weighted by atomic mass is 10.1. The molecule has 1 saturated heterocycles. The Morgan fingerprint density at radius 2 is 2.00 bits per heavy atom. The van der Waals surface area contributed by atoms with E-state index in [0.717, 1.165) is 42.9 Å². The van der Waals surface area contributed by atoms with E-state index in [1.165, 1.54) is 36.4 Å². The van der Waals surface area contributed by atoms with Crippen LogP contribution in [0.3, 0.4) is 0 Å². The predicted octanol–water partition coefficient (Wildman–Crippen LogP) is 4.14. The van der Waals surface area contributed by atoms with Gasteiger partial charge in [0.2, 0.25) is 0 Å².